The molecular formula is C24H27N5O. The van der Waals surface area contributed by atoms with Crippen LogP contribution in [0.4, 0.5) is 5.82 Å². The summed E-state index contributed by atoms with van der Waals surface area (Å²) < 4.78 is 7.49. The van der Waals surface area contributed by atoms with E-state index < -0.39 is 0 Å². The number of morpholine rings is 1. The van der Waals surface area contributed by atoms with Crippen LogP contribution in [-0.2, 0) is 4.74 Å². The molecule has 3 aromatic rings. The number of allylic oxidation sites excluding steroid dienone is 6. The van der Waals surface area contributed by atoms with Crippen molar-refractivity contribution in [1.29, 1.82) is 0 Å². The van der Waals surface area contributed by atoms with Gasteiger partial charge < -0.3 is 9.64 Å². The Morgan fingerprint density at radius 1 is 1.17 bits per heavy atom. The van der Waals surface area contributed by atoms with Gasteiger partial charge in [-0.3, -0.25) is 4.98 Å². The minimum atomic E-state index is 0.711. The topological polar surface area (TPSA) is 55.5 Å². The zero-order valence-corrected chi connectivity index (χ0v) is 17.5. The van der Waals surface area contributed by atoms with Crippen LogP contribution in [0.15, 0.2) is 66.9 Å². The lowest BCUT2D eigenvalue weighted by atomic mass is 10.1. The monoisotopic (exact) mass is 401 g/mol. The maximum atomic E-state index is 5.55. The Balaban J connectivity index is 1.86. The van der Waals surface area contributed by atoms with Crippen LogP contribution < -0.4 is 4.90 Å². The van der Waals surface area contributed by atoms with Gasteiger partial charge >= 0.3 is 0 Å². The Hall–Kier alpha value is -3.25. The molecular weight excluding hydrogens is 374 g/mol. The zero-order chi connectivity index (χ0) is 20.8. The summed E-state index contributed by atoms with van der Waals surface area (Å²) in [5.74, 6) is 1.01. The Kier molecular flexibility index (Phi) is 6.35. The molecule has 3 aromatic heterocycles. The lowest BCUT2D eigenvalue weighted by molar-refractivity contribution is 0.122. The lowest BCUT2D eigenvalue weighted by Gasteiger charge is -2.29. The molecule has 0 atom stereocenters. The molecule has 0 saturated carbocycles. The molecule has 6 heteroatoms. The molecule has 0 aliphatic carbocycles. The predicted octanol–water partition coefficient (Wildman–Crippen LogP) is 4.55. The van der Waals surface area contributed by atoms with Gasteiger partial charge in [0.1, 0.15) is 5.82 Å². The van der Waals surface area contributed by atoms with E-state index in [0.29, 0.717) is 13.2 Å². The number of pyridine rings is 1. The molecule has 0 unspecified atom stereocenters. The molecule has 30 heavy (non-hydrogen) atoms. The summed E-state index contributed by atoms with van der Waals surface area (Å²) in [4.78, 5) is 11.7. The van der Waals surface area contributed by atoms with Crippen molar-refractivity contribution in [3.8, 4) is 11.4 Å². The zero-order valence-electron chi connectivity index (χ0n) is 17.5. The van der Waals surface area contributed by atoms with Gasteiger partial charge in [-0.15, -0.1) is 0 Å². The van der Waals surface area contributed by atoms with Crippen LogP contribution in [0.1, 0.15) is 26.0 Å². The Labute approximate surface area is 177 Å². The van der Waals surface area contributed by atoms with Crippen LogP contribution in [0.3, 0.4) is 0 Å². The Morgan fingerprint density at radius 3 is 2.77 bits per heavy atom. The predicted molar refractivity (Wildman–Crippen MR) is 121 cm³/mol. The third-order valence-electron chi connectivity index (χ3n) is 4.96. The number of rotatable bonds is 6. The number of hydrogen-bond acceptors (Lipinski definition) is 5. The van der Waals surface area contributed by atoms with Crippen molar-refractivity contribution in [2.24, 2.45) is 0 Å². The van der Waals surface area contributed by atoms with Gasteiger partial charge in [0.25, 0.3) is 0 Å². The van der Waals surface area contributed by atoms with E-state index in [2.05, 4.69) is 47.2 Å². The van der Waals surface area contributed by atoms with Crippen molar-refractivity contribution in [3.05, 3.63) is 72.6 Å². The minimum absolute atomic E-state index is 0.711. The van der Waals surface area contributed by atoms with Crippen molar-refractivity contribution in [1.82, 2.24) is 19.6 Å². The maximum Gasteiger partial charge on any atom is 0.158 e. The number of aromatic nitrogens is 4. The summed E-state index contributed by atoms with van der Waals surface area (Å²) in [6, 6.07) is 10.0. The van der Waals surface area contributed by atoms with Crippen LogP contribution in [-0.4, -0.2) is 45.9 Å². The van der Waals surface area contributed by atoms with Gasteiger partial charge in [0, 0.05) is 37.0 Å². The second kappa shape index (κ2) is 9.50. The van der Waals surface area contributed by atoms with E-state index in [1.54, 1.807) is 6.20 Å². The van der Waals surface area contributed by atoms with Crippen LogP contribution in [0.2, 0.25) is 0 Å². The van der Waals surface area contributed by atoms with E-state index in [1.807, 2.05) is 41.8 Å². The van der Waals surface area contributed by atoms with Crippen molar-refractivity contribution < 1.29 is 4.74 Å². The first kappa shape index (κ1) is 20.0. The fraction of sp³-hybridized carbons (Fsp3) is 0.292. The first-order chi connectivity index (χ1) is 14.8. The summed E-state index contributed by atoms with van der Waals surface area (Å²) >= 11 is 0. The normalized spacial score (nSPS) is 15.7. The summed E-state index contributed by atoms with van der Waals surface area (Å²) in [6.07, 6.45) is 13.2. The highest BCUT2D eigenvalue weighted by molar-refractivity contribution is 5.76. The number of anilines is 1. The molecule has 0 radical (unpaired) electrons. The molecule has 0 bridgehead atoms. The SMILES string of the molecule is C\C=C/C(=C\C=C\CC)c1cc2nc(-c3ccccn3)cc(N3CCOCC3)n2n1. The number of fused-ring (bicyclic) bond motifs is 1. The van der Waals surface area contributed by atoms with Gasteiger partial charge in [0.05, 0.1) is 30.3 Å². The molecule has 0 aromatic carbocycles. The third-order valence-corrected chi connectivity index (χ3v) is 4.96. The lowest BCUT2D eigenvalue weighted by Crippen LogP contribution is -2.37. The van der Waals surface area contributed by atoms with Gasteiger partial charge in [0.2, 0.25) is 0 Å². The first-order valence-corrected chi connectivity index (χ1v) is 10.4. The average Bonchev–Trinajstić information content (AvgIpc) is 3.23. The smallest absolute Gasteiger partial charge is 0.158 e. The average molecular weight is 402 g/mol. The van der Waals surface area contributed by atoms with Crippen LogP contribution in [0, 0.1) is 0 Å². The minimum Gasteiger partial charge on any atom is -0.378 e. The standard InChI is InChI=1S/C24H27N5O/c1-3-5-6-10-19(9-4-2)21-17-23-26-22(20-11-7-8-12-25-20)18-24(29(23)27-21)28-13-15-30-16-14-28/h4-12,17-18H,3,13-16H2,1-2H3/b6-5+,9-4-,19-10+. The van der Waals surface area contributed by atoms with E-state index in [-0.39, 0.29) is 0 Å². The van der Waals surface area contributed by atoms with Crippen LogP contribution in [0.25, 0.3) is 22.6 Å². The number of hydrogen-bond donors (Lipinski definition) is 0. The van der Waals surface area contributed by atoms with E-state index in [4.69, 9.17) is 14.8 Å². The van der Waals surface area contributed by atoms with Gasteiger partial charge in [0.15, 0.2) is 5.65 Å². The van der Waals surface area contributed by atoms with E-state index in [0.717, 1.165) is 53.6 Å². The maximum absolute atomic E-state index is 5.55. The first-order valence-electron chi connectivity index (χ1n) is 10.4. The largest absolute Gasteiger partial charge is 0.378 e. The Morgan fingerprint density at radius 2 is 2.03 bits per heavy atom. The van der Waals surface area contributed by atoms with Crippen molar-refractivity contribution in [2.75, 3.05) is 31.2 Å². The molecule has 4 rings (SSSR count). The Bertz CT molecular complexity index is 1080. The summed E-state index contributed by atoms with van der Waals surface area (Å²) in [6.45, 7) is 7.22. The highest BCUT2D eigenvalue weighted by atomic mass is 16.5. The van der Waals surface area contributed by atoms with Gasteiger partial charge in [-0.1, -0.05) is 43.4 Å². The van der Waals surface area contributed by atoms with Crippen LogP contribution in [0.5, 0.6) is 0 Å². The van der Waals surface area contributed by atoms with Gasteiger partial charge in [-0.25, -0.2) is 4.98 Å². The fourth-order valence-corrected chi connectivity index (χ4v) is 3.48. The quantitative estimate of drug-likeness (QED) is 0.567. The summed E-state index contributed by atoms with van der Waals surface area (Å²) in [5, 5.41) is 4.92. The molecule has 4 heterocycles. The summed E-state index contributed by atoms with van der Waals surface area (Å²) in [7, 11) is 0. The number of nitrogens with zero attached hydrogens (tertiary/aromatic N) is 5. The van der Waals surface area contributed by atoms with Crippen molar-refractivity contribution in [3.63, 3.8) is 0 Å². The molecule has 1 saturated heterocycles. The molecule has 1 aliphatic heterocycles. The highest BCUT2D eigenvalue weighted by Gasteiger charge is 2.19. The molecule has 154 valence electrons. The van der Waals surface area contributed by atoms with Gasteiger partial charge in [-0.05, 0) is 25.5 Å². The molecule has 6 nitrogen and oxygen atoms in total. The second-order valence-electron chi connectivity index (χ2n) is 7.07. The third kappa shape index (κ3) is 4.33. The van der Waals surface area contributed by atoms with Crippen LogP contribution >= 0.6 is 0 Å². The summed E-state index contributed by atoms with van der Waals surface area (Å²) in [5.41, 5.74) is 4.46. The highest BCUT2D eigenvalue weighted by Crippen LogP contribution is 2.26. The van der Waals surface area contributed by atoms with Crippen molar-refractivity contribution >= 4 is 17.0 Å². The molecule has 0 N–H and O–H groups in total. The molecule has 0 spiro atoms. The van der Waals surface area contributed by atoms with E-state index in [9.17, 15) is 0 Å². The fourth-order valence-electron chi connectivity index (χ4n) is 3.48. The molecule has 0 amide bonds. The number of ether oxygens (including phenoxy) is 1. The molecule has 1 fully saturated rings. The van der Waals surface area contributed by atoms with Crippen molar-refractivity contribution in [2.45, 2.75) is 20.3 Å². The molecule has 1 aliphatic rings. The second-order valence-corrected chi connectivity index (χ2v) is 7.07. The van der Waals surface area contributed by atoms with E-state index >= 15 is 0 Å². The van der Waals surface area contributed by atoms with E-state index in [1.165, 1.54) is 0 Å². The van der Waals surface area contributed by atoms with Gasteiger partial charge in [-0.2, -0.15) is 9.61 Å².